The van der Waals surface area contributed by atoms with Crippen LogP contribution in [-0.4, -0.2) is 62.6 Å². The van der Waals surface area contributed by atoms with Gasteiger partial charge in [0.2, 0.25) is 0 Å². The fourth-order valence-corrected chi connectivity index (χ4v) is 5.26. The Balaban J connectivity index is 1.68. The van der Waals surface area contributed by atoms with E-state index >= 15 is 0 Å². The van der Waals surface area contributed by atoms with Crippen LogP contribution in [0.5, 0.6) is 0 Å². The van der Waals surface area contributed by atoms with Crippen LogP contribution in [0, 0.1) is 6.92 Å². The number of aliphatic hydroxyl groups excluding tert-OH is 1. The molecule has 33 heavy (non-hydrogen) atoms. The third kappa shape index (κ3) is 4.89. The summed E-state index contributed by atoms with van der Waals surface area (Å²) >= 11 is 1.21. The molecule has 0 radical (unpaired) electrons. The molecule has 3 heterocycles. The first kappa shape index (κ1) is 23.6. The monoisotopic (exact) mass is 471 g/mol. The second-order valence-corrected chi connectivity index (χ2v) is 10.2. The van der Waals surface area contributed by atoms with Gasteiger partial charge in [-0.3, -0.25) is 9.59 Å². The predicted molar refractivity (Wildman–Crippen MR) is 130 cm³/mol. The molecule has 178 valence electrons. The van der Waals surface area contributed by atoms with E-state index in [2.05, 4.69) is 34.4 Å². The number of hydrogen-bond acceptors (Lipinski definition) is 7. The van der Waals surface area contributed by atoms with Crippen LogP contribution in [0.3, 0.4) is 0 Å². The van der Waals surface area contributed by atoms with Crippen LogP contribution in [0.1, 0.15) is 78.7 Å². The molecule has 2 aromatic heterocycles. The maximum atomic E-state index is 13.5. The average molecular weight is 472 g/mol. The molecule has 0 bridgehead atoms. The third-order valence-corrected chi connectivity index (χ3v) is 7.84. The molecule has 2 amide bonds. The first-order chi connectivity index (χ1) is 15.8. The summed E-state index contributed by atoms with van der Waals surface area (Å²) in [6.07, 6.45) is 5.59. The number of aromatic nitrogens is 2. The predicted octanol–water partition coefficient (Wildman–Crippen LogP) is 3.60. The van der Waals surface area contributed by atoms with Gasteiger partial charge >= 0.3 is 0 Å². The van der Waals surface area contributed by atoms with Gasteiger partial charge in [-0.1, -0.05) is 6.92 Å². The number of nitrogens with zero attached hydrogens (tertiary/aromatic N) is 3. The number of rotatable bonds is 7. The van der Waals surface area contributed by atoms with Crippen molar-refractivity contribution in [2.75, 3.05) is 11.9 Å². The summed E-state index contributed by atoms with van der Waals surface area (Å²) in [5, 5.41) is 16.3. The van der Waals surface area contributed by atoms with Crippen molar-refractivity contribution >= 4 is 29.0 Å². The van der Waals surface area contributed by atoms with Crippen LogP contribution >= 0.6 is 11.3 Å². The average Bonchev–Trinajstić information content (AvgIpc) is 3.42. The number of pyridine rings is 1. The maximum Gasteiger partial charge on any atom is 0.280 e. The van der Waals surface area contributed by atoms with E-state index in [0.29, 0.717) is 29.6 Å². The normalized spacial score (nSPS) is 23.2. The highest BCUT2D eigenvalue weighted by atomic mass is 32.1. The molecule has 1 aliphatic carbocycles. The van der Waals surface area contributed by atoms with E-state index in [1.165, 1.54) is 11.3 Å². The Labute approximate surface area is 198 Å². The second kappa shape index (κ2) is 9.77. The molecular weight excluding hydrogens is 438 g/mol. The zero-order valence-electron chi connectivity index (χ0n) is 19.7. The summed E-state index contributed by atoms with van der Waals surface area (Å²) in [4.78, 5) is 37.9. The lowest BCUT2D eigenvalue weighted by atomic mass is 9.89. The van der Waals surface area contributed by atoms with Crippen LogP contribution in [0.25, 0.3) is 10.4 Å². The molecule has 1 saturated heterocycles. The van der Waals surface area contributed by atoms with Crippen molar-refractivity contribution in [2.45, 2.75) is 84.0 Å². The highest BCUT2D eigenvalue weighted by molar-refractivity contribution is 7.17. The number of likely N-dealkylation sites (tertiary alicyclic amines) is 1. The van der Waals surface area contributed by atoms with Gasteiger partial charge in [0.1, 0.15) is 11.5 Å². The minimum absolute atomic E-state index is 0.143. The van der Waals surface area contributed by atoms with Gasteiger partial charge in [-0.2, -0.15) is 0 Å². The van der Waals surface area contributed by atoms with Gasteiger partial charge in [-0.15, -0.1) is 11.3 Å². The molecule has 3 N–H and O–H groups in total. The number of anilines is 1. The van der Waals surface area contributed by atoms with Crippen molar-refractivity contribution in [1.29, 1.82) is 0 Å². The molecule has 8 nitrogen and oxygen atoms in total. The third-order valence-electron chi connectivity index (χ3n) is 6.75. The van der Waals surface area contributed by atoms with Crippen molar-refractivity contribution in [3.05, 3.63) is 28.5 Å². The van der Waals surface area contributed by atoms with E-state index in [0.717, 1.165) is 42.6 Å². The number of carbonyl (C=O) groups excluding carboxylic acids is 2. The van der Waals surface area contributed by atoms with Gasteiger partial charge in [-0.25, -0.2) is 9.97 Å². The molecule has 0 spiro atoms. The molecule has 0 aromatic carbocycles. The molecule has 2 fully saturated rings. The summed E-state index contributed by atoms with van der Waals surface area (Å²) in [6, 6.07) is 2.17. The lowest BCUT2D eigenvalue weighted by Gasteiger charge is -2.32. The fourth-order valence-electron chi connectivity index (χ4n) is 4.22. The zero-order valence-corrected chi connectivity index (χ0v) is 20.5. The van der Waals surface area contributed by atoms with Crippen LogP contribution in [0.4, 0.5) is 5.82 Å². The number of nitrogens with one attached hydrogen (secondary N) is 2. The summed E-state index contributed by atoms with van der Waals surface area (Å²) < 4.78 is 0. The van der Waals surface area contributed by atoms with Crippen LogP contribution in [0.2, 0.25) is 0 Å². The number of carbonyl (C=O) groups is 2. The minimum Gasteiger partial charge on any atom is -0.391 e. The Bertz CT molecular complexity index is 1040. The summed E-state index contributed by atoms with van der Waals surface area (Å²) in [5.41, 5.74) is 2.07. The molecule has 2 aliphatic rings. The lowest BCUT2D eigenvalue weighted by molar-refractivity contribution is 0.0447. The van der Waals surface area contributed by atoms with Crippen molar-refractivity contribution in [3.63, 3.8) is 0 Å². The SMILES string of the molecule is CC[C@@H](C)Nc1cc(C)c(-c2sc(C(=O)NC3CCC3O)nc2C(=O)N2CCC[C@@H]2C)cn1. The summed E-state index contributed by atoms with van der Waals surface area (Å²) in [6.45, 7) is 8.94. The lowest BCUT2D eigenvalue weighted by Crippen LogP contribution is -2.50. The number of thiazole rings is 1. The Morgan fingerprint density at radius 1 is 1.33 bits per heavy atom. The van der Waals surface area contributed by atoms with Crippen molar-refractivity contribution in [1.82, 2.24) is 20.2 Å². The van der Waals surface area contributed by atoms with Gasteiger partial charge in [0, 0.05) is 30.4 Å². The maximum absolute atomic E-state index is 13.5. The first-order valence-corrected chi connectivity index (χ1v) is 12.6. The van der Waals surface area contributed by atoms with Gasteiger partial charge in [0.15, 0.2) is 5.01 Å². The van der Waals surface area contributed by atoms with E-state index in [1.807, 2.05) is 24.8 Å². The number of aryl methyl sites for hydroxylation is 1. The van der Waals surface area contributed by atoms with E-state index in [-0.39, 0.29) is 28.9 Å². The topological polar surface area (TPSA) is 107 Å². The Morgan fingerprint density at radius 3 is 2.70 bits per heavy atom. The highest BCUT2D eigenvalue weighted by Crippen LogP contribution is 2.35. The van der Waals surface area contributed by atoms with Gasteiger partial charge in [0.25, 0.3) is 11.8 Å². The molecule has 4 rings (SSSR count). The van der Waals surface area contributed by atoms with E-state index in [9.17, 15) is 14.7 Å². The molecular formula is C24H33N5O3S. The molecule has 2 unspecified atom stereocenters. The highest BCUT2D eigenvalue weighted by Gasteiger charge is 2.34. The Hall–Kier alpha value is -2.52. The quantitative estimate of drug-likeness (QED) is 0.570. The smallest absolute Gasteiger partial charge is 0.280 e. The number of amides is 2. The Morgan fingerprint density at radius 2 is 2.12 bits per heavy atom. The summed E-state index contributed by atoms with van der Waals surface area (Å²) in [7, 11) is 0. The molecule has 4 atom stereocenters. The first-order valence-electron chi connectivity index (χ1n) is 11.8. The molecule has 9 heteroatoms. The number of aliphatic hydroxyl groups is 1. The van der Waals surface area contributed by atoms with E-state index in [4.69, 9.17) is 0 Å². The summed E-state index contributed by atoms with van der Waals surface area (Å²) in [5.74, 6) is 0.294. The molecule has 1 saturated carbocycles. The zero-order chi connectivity index (χ0) is 23.7. The van der Waals surface area contributed by atoms with E-state index in [1.54, 1.807) is 6.20 Å². The van der Waals surface area contributed by atoms with Crippen molar-refractivity contribution in [3.8, 4) is 10.4 Å². The van der Waals surface area contributed by atoms with Crippen LogP contribution < -0.4 is 10.6 Å². The Kier molecular flexibility index (Phi) is 6.99. The fraction of sp³-hybridized carbons (Fsp3) is 0.583. The van der Waals surface area contributed by atoms with Gasteiger partial charge in [0.05, 0.1) is 17.0 Å². The van der Waals surface area contributed by atoms with Crippen LogP contribution in [0.15, 0.2) is 12.3 Å². The van der Waals surface area contributed by atoms with Crippen molar-refractivity contribution < 1.29 is 14.7 Å². The molecule has 2 aromatic rings. The van der Waals surface area contributed by atoms with E-state index < -0.39 is 6.10 Å². The minimum atomic E-state index is -0.517. The molecule has 1 aliphatic heterocycles. The number of hydrogen-bond donors (Lipinski definition) is 3. The standard InChI is InChI=1S/C24H33N5O3S/c1-5-14(3)26-19-11-13(2)16(12-25-19)21-20(24(32)29-10-6-7-15(29)4)28-23(33-21)22(31)27-17-8-9-18(17)30/h11-12,14-15,17-18,30H,5-10H2,1-4H3,(H,25,26)(H,27,31)/t14-,15+,17?,18?/m1/s1. The largest absolute Gasteiger partial charge is 0.391 e. The van der Waals surface area contributed by atoms with Crippen molar-refractivity contribution in [2.24, 2.45) is 0 Å². The van der Waals surface area contributed by atoms with Gasteiger partial charge < -0.3 is 20.6 Å². The van der Waals surface area contributed by atoms with Gasteiger partial charge in [-0.05, 0) is 64.5 Å². The second-order valence-electron chi connectivity index (χ2n) is 9.25. The van der Waals surface area contributed by atoms with Crippen LogP contribution in [-0.2, 0) is 0 Å².